The monoisotopic (exact) mass is 219 g/mol. The van der Waals surface area contributed by atoms with Crippen LogP contribution in [0.5, 0.6) is 5.75 Å². The summed E-state index contributed by atoms with van der Waals surface area (Å²) in [6, 6.07) is 6.85. The van der Waals surface area contributed by atoms with E-state index in [1.165, 1.54) is 6.07 Å². The molecule has 1 N–H and O–H groups in total. The first kappa shape index (κ1) is 11.0. The largest absolute Gasteiger partial charge is 0.508 e. The van der Waals surface area contributed by atoms with Crippen molar-refractivity contribution in [2.45, 2.75) is 26.3 Å². The Labute approximate surface area is 95.7 Å². The van der Waals surface area contributed by atoms with Crippen LogP contribution in [-0.2, 0) is 0 Å². The molecule has 2 atom stereocenters. The average molecular weight is 219 g/mol. The van der Waals surface area contributed by atoms with Gasteiger partial charge in [0.05, 0.1) is 0 Å². The van der Waals surface area contributed by atoms with Gasteiger partial charge >= 0.3 is 0 Å². The first-order valence-electron chi connectivity index (χ1n) is 5.68. The van der Waals surface area contributed by atoms with Crippen LogP contribution in [0, 0.1) is 5.92 Å². The van der Waals surface area contributed by atoms with E-state index in [4.69, 9.17) is 0 Å². The lowest BCUT2D eigenvalue weighted by Gasteiger charge is -2.21. The number of likely N-dealkylation sites (tertiary alicyclic amines) is 1. The molecule has 0 aliphatic carbocycles. The molecular formula is C13H17NO2. The number of carbonyl (C=O) groups excluding carboxylic acids is 1. The summed E-state index contributed by atoms with van der Waals surface area (Å²) >= 11 is 0. The Morgan fingerprint density at radius 1 is 1.44 bits per heavy atom. The van der Waals surface area contributed by atoms with Gasteiger partial charge in [-0.2, -0.15) is 0 Å². The molecule has 2 rings (SSSR count). The van der Waals surface area contributed by atoms with Crippen molar-refractivity contribution < 1.29 is 9.90 Å². The van der Waals surface area contributed by atoms with Crippen LogP contribution >= 0.6 is 0 Å². The van der Waals surface area contributed by atoms with E-state index < -0.39 is 0 Å². The third-order valence-electron chi connectivity index (χ3n) is 3.14. The molecule has 1 saturated heterocycles. The van der Waals surface area contributed by atoms with Crippen molar-refractivity contribution in [3.63, 3.8) is 0 Å². The number of aromatic hydroxyl groups is 1. The lowest BCUT2D eigenvalue weighted by atomic mass is 10.1. The highest BCUT2D eigenvalue weighted by Crippen LogP contribution is 2.25. The van der Waals surface area contributed by atoms with Crippen LogP contribution in [0.15, 0.2) is 24.3 Å². The van der Waals surface area contributed by atoms with Crippen LogP contribution in [0.25, 0.3) is 0 Å². The molecular weight excluding hydrogens is 202 g/mol. The molecule has 1 fully saturated rings. The molecule has 1 amide bonds. The first-order chi connectivity index (χ1) is 7.58. The zero-order valence-electron chi connectivity index (χ0n) is 9.68. The lowest BCUT2D eigenvalue weighted by Crippen LogP contribution is -2.33. The van der Waals surface area contributed by atoms with Gasteiger partial charge in [0, 0.05) is 18.2 Å². The number of hydrogen-bond acceptors (Lipinski definition) is 2. The van der Waals surface area contributed by atoms with Gasteiger partial charge in [-0.05, 0) is 37.5 Å². The van der Waals surface area contributed by atoms with E-state index in [-0.39, 0.29) is 11.7 Å². The van der Waals surface area contributed by atoms with E-state index in [1.54, 1.807) is 18.2 Å². The third-order valence-corrected chi connectivity index (χ3v) is 3.14. The predicted molar refractivity (Wildman–Crippen MR) is 62.4 cm³/mol. The SMILES string of the molecule is CC1CC(C)N(C(=O)c2cccc(O)c2)C1. The maximum absolute atomic E-state index is 12.2. The van der Waals surface area contributed by atoms with Crippen LogP contribution in [0.4, 0.5) is 0 Å². The van der Waals surface area contributed by atoms with Crippen molar-refractivity contribution in [2.24, 2.45) is 5.92 Å². The van der Waals surface area contributed by atoms with E-state index in [2.05, 4.69) is 13.8 Å². The number of amides is 1. The summed E-state index contributed by atoms with van der Waals surface area (Å²) in [5, 5.41) is 9.35. The van der Waals surface area contributed by atoms with E-state index >= 15 is 0 Å². The maximum Gasteiger partial charge on any atom is 0.254 e. The number of nitrogens with zero attached hydrogens (tertiary/aromatic N) is 1. The number of benzene rings is 1. The summed E-state index contributed by atoms with van der Waals surface area (Å²) in [5.41, 5.74) is 0.570. The summed E-state index contributed by atoms with van der Waals surface area (Å²) in [5.74, 6) is 0.731. The van der Waals surface area contributed by atoms with Crippen molar-refractivity contribution >= 4 is 5.91 Å². The van der Waals surface area contributed by atoms with Gasteiger partial charge in [0.25, 0.3) is 5.91 Å². The molecule has 1 aromatic rings. The normalized spacial score (nSPS) is 24.8. The molecule has 1 aliphatic rings. The van der Waals surface area contributed by atoms with Crippen LogP contribution < -0.4 is 0 Å². The maximum atomic E-state index is 12.2. The zero-order valence-corrected chi connectivity index (χ0v) is 9.68. The second-order valence-corrected chi connectivity index (χ2v) is 4.70. The van der Waals surface area contributed by atoms with E-state index in [0.29, 0.717) is 17.5 Å². The Balaban J connectivity index is 2.19. The van der Waals surface area contributed by atoms with Crippen molar-refractivity contribution in [3.05, 3.63) is 29.8 Å². The Kier molecular flexibility index (Phi) is 2.86. The molecule has 1 heterocycles. The molecule has 1 aromatic carbocycles. The third kappa shape index (κ3) is 2.03. The van der Waals surface area contributed by atoms with Gasteiger partial charge in [0.15, 0.2) is 0 Å². The van der Waals surface area contributed by atoms with E-state index in [0.717, 1.165) is 13.0 Å². The summed E-state index contributed by atoms with van der Waals surface area (Å²) in [6.07, 6.45) is 1.06. The van der Waals surface area contributed by atoms with Crippen LogP contribution in [0.1, 0.15) is 30.6 Å². The fraction of sp³-hybridized carbons (Fsp3) is 0.462. The topological polar surface area (TPSA) is 40.5 Å². The number of rotatable bonds is 1. The minimum absolute atomic E-state index is 0.0211. The van der Waals surface area contributed by atoms with Gasteiger partial charge in [-0.15, -0.1) is 0 Å². The van der Waals surface area contributed by atoms with Gasteiger partial charge in [-0.25, -0.2) is 0 Å². The summed E-state index contributed by atoms with van der Waals surface area (Å²) in [6.45, 7) is 5.05. The minimum Gasteiger partial charge on any atom is -0.508 e. The second kappa shape index (κ2) is 4.16. The Hall–Kier alpha value is -1.51. The highest BCUT2D eigenvalue weighted by molar-refractivity contribution is 5.95. The lowest BCUT2D eigenvalue weighted by molar-refractivity contribution is 0.0743. The fourth-order valence-electron chi connectivity index (χ4n) is 2.39. The molecule has 3 heteroatoms. The molecule has 16 heavy (non-hydrogen) atoms. The molecule has 0 saturated carbocycles. The molecule has 1 aliphatic heterocycles. The van der Waals surface area contributed by atoms with Gasteiger partial charge in [-0.1, -0.05) is 13.0 Å². The highest BCUT2D eigenvalue weighted by atomic mass is 16.3. The smallest absolute Gasteiger partial charge is 0.254 e. The standard InChI is InChI=1S/C13H17NO2/c1-9-6-10(2)14(8-9)13(16)11-4-3-5-12(15)7-11/h3-5,7,9-10,15H,6,8H2,1-2H3. The van der Waals surface area contributed by atoms with Crippen molar-refractivity contribution in [1.29, 1.82) is 0 Å². The van der Waals surface area contributed by atoms with E-state index in [1.807, 2.05) is 4.90 Å². The van der Waals surface area contributed by atoms with Crippen LogP contribution in [-0.4, -0.2) is 28.5 Å². The van der Waals surface area contributed by atoms with Gasteiger partial charge in [-0.3, -0.25) is 4.79 Å². The number of hydrogen-bond donors (Lipinski definition) is 1. The minimum atomic E-state index is 0.0211. The zero-order chi connectivity index (χ0) is 11.7. The van der Waals surface area contributed by atoms with Gasteiger partial charge in [0.2, 0.25) is 0 Å². The number of carbonyl (C=O) groups is 1. The van der Waals surface area contributed by atoms with Gasteiger partial charge in [0.1, 0.15) is 5.75 Å². The van der Waals surface area contributed by atoms with E-state index in [9.17, 15) is 9.90 Å². The molecule has 86 valence electrons. The molecule has 0 spiro atoms. The molecule has 2 unspecified atom stereocenters. The quantitative estimate of drug-likeness (QED) is 0.787. The van der Waals surface area contributed by atoms with Crippen molar-refractivity contribution in [1.82, 2.24) is 4.90 Å². The fourth-order valence-corrected chi connectivity index (χ4v) is 2.39. The molecule has 0 aromatic heterocycles. The average Bonchev–Trinajstić information content (AvgIpc) is 2.57. The summed E-state index contributed by atoms with van der Waals surface area (Å²) < 4.78 is 0. The predicted octanol–water partition coefficient (Wildman–Crippen LogP) is 2.26. The van der Waals surface area contributed by atoms with Crippen LogP contribution in [0.2, 0.25) is 0 Å². The van der Waals surface area contributed by atoms with Gasteiger partial charge < -0.3 is 10.0 Å². The summed E-state index contributed by atoms with van der Waals surface area (Å²) in [7, 11) is 0. The Morgan fingerprint density at radius 3 is 2.75 bits per heavy atom. The highest BCUT2D eigenvalue weighted by Gasteiger charge is 2.30. The number of phenolic OH excluding ortho intramolecular Hbond substituents is 1. The second-order valence-electron chi connectivity index (χ2n) is 4.70. The Bertz CT molecular complexity index is 403. The number of phenols is 1. The molecule has 0 radical (unpaired) electrons. The van der Waals surface area contributed by atoms with Crippen molar-refractivity contribution in [2.75, 3.05) is 6.54 Å². The van der Waals surface area contributed by atoms with Crippen LogP contribution in [0.3, 0.4) is 0 Å². The first-order valence-corrected chi connectivity index (χ1v) is 5.68. The molecule has 3 nitrogen and oxygen atoms in total. The van der Waals surface area contributed by atoms with Crippen molar-refractivity contribution in [3.8, 4) is 5.75 Å². The summed E-state index contributed by atoms with van der Waals surface area (Å²) in [4.78, 5) is 14.1. The molecule has 0 bridgehead atoms. The Morgan fingerprint density at radius 2 is 2.19 bits per heavy atom.